The van der Waals surface area contributed by atoms with E-state index >= 15 is 0 Å². The van der Waals surface area contributed by atoms with Crippen molar-refractivity contribution in [1.29, 1.82) is 0 Å². The number of benzene rings is 2. The molecule has 0 saturated carbocycles. The highest BCUT2D eigenvalue weighted by molar-refractivity contribution is 6.05. The fourth-order valence-corrected chi connectivity index (χ4v) is 4.47. The Labute approximate surface area is 183 Å². The van der Waals surface area contributed by atoms with Crippen molar-refractivity contribution in [2.45, 2.75) is 32.4 Å². The van der Waals surface area contributed by atoms with Crippen LogP contribution in [-0.2, 0) is 23.2 Å². The molecule has 1 unspecified atom stereocenters. The summed E-state index contributed by atoms with van der Waals surface area (Å²) in [6, 6.07) is 9.96. The molecule has 1 saturated heterocycles. The summed E-state index contributed by atoms with van der Waals surface area (Å²) in [5, 5.41) is 6.68. The summed E-state index contributed by atoms with van der Waals surface area (Å²) in [5.41, 5.74) is 5.09. The second-order valence-corrected chi connectivity index (χ2v) is 8.27. The molecule has 1 atom stereocenters. The molecule has 3 aromatic rings. The summed E-state index contributed by atoms with van der Waals surface area (Å²) in [6.45, 7) is 2.01. The second kappa shape index (κ2) is 7.40. The van der Waals surface area contributed by atoms with E-state index in [1.165, 1.54) is 11.0 Å². The lowest BCUT2D eigenvalue weighted by atomic mass is 9.97. The molecule has 0 aliphatic carbocycles. The highest BCUT2D eigenvalue weighted by Crippen LogP contribution is 2.36. The van der Waals surface area contributed by atoms with Gasteiger partial charge >= 0.3 is 0 Å². The van der Waals surface area contributed by atoms with E-state index in [4.69, 9.17) is 0 Å². The fourth-order valence-electron chi connectivity index (χ4n) is 4.47. The van der Waals surface area contributed by atoms with Crippen LogP contribution in [0.25, 0.3) is 22.4 Å². The Kier molecular flexibility index (Phi) is 4.65. The summed E-state index contributed by atoms with van der Waals surface area (Å²) in [7, 11) is 1.80. The number of nitrogens with one attached hydrogen (secondary N) is 1. The van der Waals surface area contributed by atoms with Crippen LogP contribution < -0.4 is 5.32 Å². The number of hydrogen-bond acceptors (Lipinski definition) is 4. The van der Waals surface area contributed by atoms with Crippen molar-refractivity contribution in [1.82, 2.24) is 20.0 Å². The van der Waals surface area contributed by atoms with Crippen molar-refractivity contribution in [3.8, 4) is 22.4 Å². The molecule has 2 aliphatic heterocycles. The normalized spacial score (nSPS) is 18.2. The SMILES string of the molecule is Cc1ccc(-c2c(-c3ccc4c(c3)CN(C3CCC(=O)NC3=O)C4=O)cnn2C)cc1F. The lowest BCUT2D eigenvalue weighted by Gasteiger charge is -2.29. The van der Waals surface area contributed by atoms with Crippen LogP contribution in [0.1, 0.15) is 34.3 Å². The minimum atomic E-state index is -0.652. The minimum absolute atomic E-state index is 0.215. The lowest BCUT2D eigenvalue weighted by Crippen LogP contribution is -2.52. The molecule has 1 fully saturated rings. The smallest absolute Gasteiger partial charge is 0.255 e. The monoisotopic (exact) mass is 432 g/mol. The van der Waals surface area contributed by atoms with Crippen molar-refractivity contribution in [3.05, 3.63) is 65.1 Å². The Bertz CT molecular complexity index is 1300. The number of hydrogen-bond donors (Lipinski definition) is 1. The van der Waals surface area contributed by atoms with Crippen LogP contribution in [0.2, 0.25) is 0 Å². The van der Waals surface area contributed by atoms with Gasteiger partial charge in [0.2, 0.25) is 11.8 Å². The first-order chi connectivity index (χ1) is 15.3. The van der Waals surface area contributed by atoms with E-state index in [9.17, 15) is 18.8 Å². The van der Waals surface area contributed by atoms with Crippen molar-refractivity contribution < 1.29 is 18.8 Å². The summed E-state index contributed by atoms with van der Waals surface area (Å²) in [6.07, 6.45) is 2.26. The second-order valence-electron chi connectivity index (χ2n) is 8.27. The van der Waals surface area contributed by atoms with Crippen LogP contribution in [0, 0.1) is 12.7 Å². The summed E-state index contributed by atoms with van der Waals surface area (Å²) >= 11 is 0. The van der Waals surface area contributed by atoms with E-state index < -0.39 is 11.9 Å². The van der Waals surface area contributed by atoms with E-state index in [0.717, 1.165) is 22.4 Å². The third-order valence-corrected chi connectivity index (χ3v) is 6.22. The Balaban J connectivity index is 1.50. The Morgan fingerprint density at radius 3 is 2.59 bits per heavy atom. The molecular weight excluding hydrogens is 411 g/mol. The molecule has 3 amide bonds. The average Bonchev–Trinajstić information content (AvgIpc) is 3.30. The first kappa shape index (κ1) is 20.1. The van der Waals surface area contributed by atoms with Crippen molar-refractivity contribution in [3.63, 3.8) is 0 Å². The highest BCUT2D eigenvalue weighted by atomic mass is 19.1. The zero-order valence-electron chi connectivity index (χ0n) is 17.7. The van der Waals surface area contributed by atoms with Crippen LogP contribution in [0.15, 0.2) is 42.6 Å². The number of imide groups is 1. The molecule has 2 aliphatic rings. The molecule has 32 heavy (non-hydrogen) atoms. The average molecular weight is 432 g/mol. The van der Waals surface area contributed by atoms with E-state index in [-0.39, 0.29) is 24.1 Å². The zero-order valence-corrected chi connectivity index (χ0v) is 17.7. The highest BCUT2D eigenvalue weighted by Gasteiger charge is 2.39. The summed E-state index contributed by atoms with van der Waals surface area (Å²) in [5.74, 6) is -1.24. The lowest BCUT2D eigenvalue weighted by molar-refractivity contribution is -0.136. The predicted molar refractivity (Wildman–Crippen MR) is 115 cm³/mol. The van der Waals surface area contributed by atoms with Gasteiger partial charge in [-0.15, -0.1) is 0 Å². The molecule has 8 heteroatoms. The van der Waals surface area contributed by atoms with Crippen molar-refractivity contribution in [2.75, 3.05) is 0 Å². The Morgan fingerprint density at radius 2 is 1.84 bits per heavy atom. The van der Waals surface area contributed by atoms with Crippen LogP contribution in [0.5, 0.6) is 0 Å². The zero-order chi connectivity index (χ0) is 22.6. The van der Waals surface area contributed by atoms with Gasteiger partial charge in [-0.2, -0.15) is 5.10 Å². The molecule has 1 N–H and O–H groups in total. The largest absolute Gasteiger partial charge is 0.322 e. The molecule has 0 bridgehead atoms. The molecule has 5 rings (SSSR count). The summed E-state index contributed by atoms with van der Waals surface area (Å²) < 4.78 is 15.9. The Morgan fingerprint density at radius 1 is 1.06 bits per heavy atom. The third-order valence-electron chi connectivity index (χ3n) is 6.22. The number of carbonyl (C=O) groups is 3. The number of aromatic nitrogens is 2. The number of fused-ring (bicyclic) bond motifs is 1. The topological polar surface area (TPSA) is 84.3 Å². The van der Waals surface area contributed by atoms with Crippen LogP contribution >= 0.6 is 0 Å². The molecule has 7 nitrogen and oxygen atoms in total. The molecule has 1 aromatic heterocycles. The molecular formula is C24H21FN4O3. The number of rotatable bonds is 3. The van der Waals surface area contributed by atoms with Gasteiger partial charge in [0.1, 0.15) is 11.9 Å². The van der Waals surface area contributed by atoms with Crippen LogP contribution in [0.4, 0.5) is 4.39 Å². The number of amides is 3. The molecule has 0 radical (unpaired) electrons. The number of carbonyl (C=O) groups excluding carboxylic acids is 3. The first-order valence-electron chi connectivity index (χ1n) is 10.4. The minimum Gasteiger partial charge on any atom is -0.322 e. The quantitative estimate of drug-likeness (QED) is 0.645. The van der Waals surface area contributed by atoms with Crippen LogP contribution in [-0.4, -0.2) is 38.4 Å². The van der Waals surface area contributed by atoms with Crippen molar-refractivity contribution in [2.24, 2.45) is 7.05 Å². The molecule has 2 aromatic carbocycles. The Hall–Kier alpha value is -3.81. The molecule has 3 heterocycles. The first-order valence-corrected chi connectivity index (χ1v) is 10.4. The van der Waals surface area contributed by atoms with Gasteiger partial charge in [0.15, 0.2) is 0 Å². The van der Waals surface area contributed by atoms with E-state index in [2.05, 4.69) is 10.4 Å². The third kappa shape index (κ3) is 3.19. The van der Waals surface area contributed by atoms with Crippen molar-refractivity contribution >= 4 is 17.7 Å². The number of nitrogens with zero attached hydrogens (tertiary/aromatic N) is 3. The van der Waals surface area contributed by atoms with Gasteiger partial charge in [-0.3, -0.25) is 24.4 Å². The fraction of sp³-hybridized carbons (Fsp3) is 0.250. The number of aryl methyl sites for hydroxylation is 2. The van der Waals surface area contributed by atoms with Gasteiger partial charge < -0.3 is 4.90 Å². The van der Waals surface area contributed by atoms with Crippen LogP contribution in [0.3, 0.4) is 0 Å². The van der Waals surface area contributed by atoms with E-state index in [1.54, 1.807) is 37.0 Å². The number of halogens is 1. The molecule has 0 spiro atoms. The van der Waals surface area contributed by atoms with E-state index in [1.807, 2.05) is 18.2 Å². The maximum absolute atomic E-state index is 14.2. The predicted octanol–water partition coefficient (Wildman–Crippen LogP) is 2.96. The van der Waals surface area contributed by atoms with Gasteiger partial charge in [0, 0.05) is 36.7 Å². The van der Waals surface area contributed by atoms with Gasteiger partial charge in [-0.25, -0.2) is 4.39 Å². The molecule has 162 valence electrons. The van der Waals surface area contributed by atoms with Gasteiger partial charge in [-0.1, -0.05) is 18.2 Å². The van der Waals surface area contributed by atoms with Gasteiger partial charge in [0.05, 0.1) is 11.9 Å². The maximum atomic E-state index is 14.2. The van der Waals surface area contributed by atoms with Gasteiger partial charge in [-0.05, 0) is 48.2 Å². The van der Waals surface area contributed by atoms with E-state index in [0.29, 0.717) is 29.7 Å². The summed E-state index contributed by atoms with van der Waals surface area (Å²) in [4.78, 5) is 38.2. The van der Waals surface area contributed by atoms with Gasteiger partial charge in [0.25, 0.3) is 5.91 Å². The standard InChI is InChI=1S/C24H21FN4O3/c1-13-3-4-15(10-19(13)25)22-18(11-26-28(22)2)14-5-6-17-16(9-14)12-29(24(17)32)20-7-8-21(30)27-23(20)31/h3-6,9-11,20H,7-8,12H2,1-2H3,(H,27,30,31). The maximum Gasteiger partial charge on any atom is 0.255 e. The number of piperidine rings is 1.